The molecule has 1 aliphatic rings. The van der Waals surface area contributed by atoms with Crippen molar-refractivity contribution in [1.29, 1.82) is 0 Å². The molecule has 0 radical (unpaired) electrons. The number of ether oxygens (including phenoxy) is 2. The zero-order chi connectivity index (χ0) is 17.9. The zero-order valence-electron chi connectivity index (χ0n) is 15.2. The van der Waals surface area contributed by atoms with Crippen molar-refractivity contribution < 1.29 is 14.6 Å². The molecule has 0 spiro atoms. The first kappa shape index (κ1) is 19.9. The molecule has 0 aromatic heterocycles. The van der Waals surface area contributed by atoms with Gasteiger partial charge in [-0.2, -0.15) is 0 Å². The number of aryl methyl sites for hydroxylation is 1. The molecule has 1 N–H and O–H groups in total. The summed E-state index contributed by atoms with van der Waals surface area (Å²) in [5.74, 6) is 2.42. The third-order valence-corrected chi connectivity index (χ3v) is 4.33. The fourth-order valence-electron chi connectivity index (χ4n) is 2.90. The summed E-state index contributed by atoms with van der Waals surface area (Å²) in [4.78, 5) is 4.69. The second kappa shape index (κ2) is 11.2. The Morgan fingerprint density at radius 1 is 1.32 bits per heavy atom. The summed E-state index contributed by atoms with van der Waals surface area (Å²) in [5.41, 5.74) is 2.51. The summed E-state index contributed by atoms with van der Waals surface area (Å²) in [6.45, 7) is 9.44. The molecule has 1 atom stereocenters. The molecule has 0 saturated carbocycles. The molecule has 25 heavy (non-hydrogen) atoms. The molecule has 1 saturated heterocycles. The second-order valence-electron chi connectivity index (χ2n) is 6.55. The van der Waals surface area contributed by atoms with Gasteiger partial charge in [-0.1, -0.05) is 35.7 Å². The van der Waals surface area contributed by atoms with E-state index in [1.54, 1.807) is 0 Å². The van der Waals surface area contributed by atoms with Crippen LogP contribution >= 0.6 is 0 Å². The third-order valence-electron chi connectivity index (χ3n) is 4.33. The zero-order valence-corrected chi connectivity index (χ0v) is 15.2. The maximum absolute atomic E-state index is 10.2. The van der Waals surface area contributed by atoms with Crippen molar-refractivity contribution in [2.24, 2.45) is 0 Å². The Bertz CT molecular complexity index is 521. The van der Waals surface area contributed by atoms with E-state index in [9.17, 15) is 5.11 Å². The summed E-state index contributed by atoms with van der Waals surface area (Å²) < 4.78 is 10.7. The predicted molar refractivity (Wildman–Crippen MR) is 99.4 cm³/mol. The average Bonchev–Trinajstić information content (AvgIpc) is 2.63. The van der Waals surface area contributed by atoms with E-state index in [0.717, 1.165) is 45.9 Å². The highest BCUT2D eigenvalue weighted by molar-refractivity contribution is 5.21. The fourth-order valence-corrected chi connectivity index (χ4v) is 2.90. The van der Waals surface area contributed by atoms with E-state index >= 15 is 0 Å². The minimum Gasteiger partial charge on any atom is -0.389 e. The Kier molecular flexibility index (Phi) is 8.95. The van der Waals surface area contributed by atoms with Crippen LogP contribution in [0.1, 0.15) is 11.1 Å². The third kappa shape index (κ3) is 8.00. The van der Waals surface area contributed by atoms with Gasteiger partial charge in [0.05, 0.1) is 25.9 Å². The second-order valence-corrected chi connectivity index (χ2v) is 6.55. The van der Waals surface area contributed by atoms with Gasteiger partial charge in [0.15, 0.2) is 0 Å². The van der Waals surface area contributed by atoms with Gasteiger partial charge in [0.2, 0.25) is 0 Å². The Hall–Kier alpha value is -1.42. The van der Waals surface area contributed by atoms with E-state index in [1.165, 1.54) is 11.1 Å². The fraction of sp³-hybridized carbons (Fsp3) is 0.600. The van der Waals surface area contributed by atoms with Gasteiger partial charge in [-0.3, -0.25) is 9.80 Å². The number of terminal acetylenes is 1. The first-order valence-electron chi connectivity index (χ1n) is 8.94. The normalized spacial score (nSPS) is 16.7. The van der Waals surface area contributed by atoms with E-state index in [-0.39, 0.29) is 13.2 Å². The smallest absolute Gasteiger partial charge is 0.107 e. The first-order chi connectivity index (χ1) is 12.2. The van der Waals surface area contributed by atoms with E-state index in [2.05, 4.69) is 46.9 Å². The number of nitrogens with zero attached hydrogens (tertiary/aromatic N) is 2. The van der Waals surface area contributed by atoms with Crippen molar-refractivity contribution >= 4 is 0 Å². The molecular weight excluding hydrogens is 316 g/mol. The molecule has 1 aromatic carbocycles. The lowest BCUT2D eigenvalue weighted by Gasteiger charge is -2.31. The highest BCUT2D eigenvalue weighted by Gasteiger charge is 2.16. The highest BCUT2D eigenvalue weighted by Crippen LogP contribution is 2.09. The number of aliphatic hydroxyl groups is 1. The lowest BCUT2D eigenvalue weighted by Crippen LogP contribution is -2.43. The Balaban J connectivity index is 1.87. The Morgan fingerprint density at radius 3 is 2.72 bits per heavy atom. The van der Waals surface area contributed by atoms with Gasteiger partial charge < -0.3 is 14.6 Å². The van der Waals surface area contributed by atoms with E-state index in [4.69, 9.17) is 15.9 Å². The summed E-state index contributed by atoms with van der Waals surface area (Å²) in [7, 11) is 0. The van der Waals surface area contributed by atoms with Crippen molar-refractivity contribution in [3.05, 3.63) is 35.4 Å². The predicted octanol–water partition coefficient (Wildman–Crippen LogP) is 1.14. The van der Waals surface area contributed by atoms with Gasteiger partial charge in [-0.25, -0.2) is 0 Å². The van der Waals surface area contributed by atoms with E-state index in [0.29, 0.717) is 6.54 Å². The van der Waals surface area contributed by atoms with Crippen LogP contribution in [0.15, 0.2) is 24.3 Å². The molecule has 0 unspecified atom stereocenters. The van der Waals surface area contributed by atoms with Crippen LogP contribution in [0, 0.1) is 19.3 Å². The molecule has 1 aromatic rings. The monoisotopic (exact) mass is 346 g/mol. The van der Waals surface area contributed by atoms with Crippen LogP contribution in [-0.2, 0) is 16.0 Å². The largest absolute Gasteiger partial charge is 0.389 e. The molecule has 1 fully saturated rings. The van der Waals surface area contributed by atoms with Crippen LogP contribution in [-0.4, -0.2) is 80.2 Å². The molecule has 1 aliphatic heterocycles. The SMILES string of the molecule is C#CCOC[C@@H](O)CN(CCN1CCOCC1)Cc1ccc(C)cc1. The number of hydrogen-bond donors (Lipinski definition) is 1. The summed E-state index contributed by atoms with van der Waals surface area (Å²) in [6.07, 6.45) is 4.64. The lowest BCUT2D eigenvalue weighted by atomic mass is 10.1. The molecule has 0 bridgehead atoms. The minimum atomic E-state index is -0.538. The molecule has 5 heteroatoms. The van der Waals surface area contributed by atoms with Gasteiger partial charge in [0.1, 0.15) is 6.61 Å². The van der Waals surface area contributed by atoms with Gasteiger partial charge in [0, 0.05) is 39.3 Å². The molecule has 138 valence electrons. The molecule has 0 amide bonds. The van der Waals surface area contributed by atoms with E-state index in [1.807, 2.05) is 0 Å². The van der Waals surface area contributed by atoms with Gasteiger partial charge in [-0.05, 0) is 12.5 Å². The molecule has 1 heterocycles. The topological polar surface area (TPSA) is 45.2 Å². The maximum atomic E-state index is 10.2. The number of benzene rings is 1. The Labute approximate surface area is 151 Å². The molecular formula is C20H30N2O3. The minimum absolute atomic E-state index is 0.239. The number of aliphatic hydroxyl groups excluding tert-OH is 1. The van der Waals surface area contributed by atoms with Gasteiger partial charge in [-0.15, -0.1) is 6.42 Å². The van der Waals surface area contributed by atoms with Crippen LogP contribution in [0.4, 0.5) is 0 Å². The molecule has 5 nitrogen and oxygen atoms in total. The summed E-state index contributed by atoms with van der Waals surface area (Å²) in [6, 6.07) is 8.56. The Morgan fingerprint density at radius 2 is 2.04 bits per heavy atom. The summed E-state index contributed by atoms with van der Waals surface area (Å²) >= 11 is 0. The van der Waals surface area contributed by atoms with E-state index < -0.39 is 6.10 Å². The lowest BCUT2D eigenvalue weighted by molar-refractivity contribution is 0.0136. The quantitative estimate of drug-likeness (QED) is 0.508. The first-order valence-corrected chi connectivity index (χ1v) is 8.94. The molecule has 0 aliphatic carbocycles. The highest BCUT2D eigenvalue weighted by atomic mass is 16.5. The van der Waals surface area contributed by atoms with Gasteiger partial charge >= 0.3 is 0 Å². The van der Waals surface area contributed by atoms with Crippen LogP contribution in [0.5, 0.6) is 0 Å². The van der Waals surface area contributed by atoms with Crippen LogP contribution < -0.4 is 0 Å². The van der Waals surface area contributed by atoms with Crippen LogP contribution in [0.2, 0.25) is 0 Å². The van der Waals surface area contributed by atoms with Crippen molar-refractivity contribution in [1.82, 2.24) is 9.80 Å². The van der Waals surface area contributed by atoms with Crippen molar-refractivity contribution in [2.75, 3.05) is 59.2 Å². The number of morpholine rings is 1. The summed E-state index contributed by atoms with van der Waals surface area (Å²) in [5, 5.41) is 10.2. The average molecular weight is 346 g/mol. The van der Waals surface area contributed by atoms with Crippen LogP contribution in [0.25, 0.3) is 0 Å². The van der Waals surface area contributed by atoms with Crippen molar-refractivity contribution in [2.45, 2.75) is 19.6 Å². The number of rotatable bonds is 10. The van der Waals surface area contributed by atoms with Crippen molar-refractivity contribution in [3.8, 4) is 12.3 Å². The number of hydrogen-bond acceptors (Lipinski definition) is 5. The van der Waals surface area contributed by atoms with Gasteiger partial charge in [0.25, 0.3) is 0 Å². The maximum Gasteiger partial charge on any atom is 0.107 e. The standard InChI is InChI=1S/C20H30N2O3/c1-3-12-25-17-20(23)16-22(9-8-21-10-13-24-14-11-21)15-19-6-4-18(2)5-7-19/h1,4-7,20,23H,8-17H2,2H3/t20-/m0/s1. The van der Waals surface area contributed by atoms with Crippen LogP contribution in [0.3, 0.4) is 0 Å². The van der Waals surface area contributed by atoms with Crippen molar-refractivity contribution in [3.63, 3.8) is 0 Å². The molecule has 2 rings (SSSR count).